The van der Waals surface area contributed by atoms with Crippen molar-refractivity contribution in [1.29, 1.82) is 0 Å². The SMILES string of the molecule is O.O=[PH](O)O.Sc1cccc2ccc3cc4ccccc4cc3c12.[NaH]. The van der Waals surface area contributed by atoms with Gasteiger partial charge >= 0.3 is 37.8 Å². The van der Waals surface area contributed by atoms with E-state index in [-0.39, 0.29) is 35.0 Å². The molecule has 0 heterocycles. The second kappa shape index (κ2) is 9.72. The van der Waals surface area contributed by atoms with E-state index >= 15 is 0 Å². The van der Waals surface area contributed by atoms with E-state index in [0.717, 1.165) is 4.90 Å². The molecule has 0 fully saturated rings. The van der Waals surface area contributed by atoms with Gasteiger partial charge in [-0.1, -0.05) is 48.5 Å². The van der Waals surface area contributed by atoms with Crippen molar-refractivity contribution in [3.63, 3.8) is 0 Å². The zero-order valence-corrected chi connectivity index (χ0v) is 14.5. The predicted octanol–water partition coefficient (Wildman–Crippen LogP) is 3.32. The average Bonchev–Trinajstić information content (AvgIpc) is 2.52. The molecule has 0 aliphatic rings. The third-order valence-electron chi connectivity index (χ3n) is 3.70. The normalized spacial score (nSPS) is 10.1. The summed E-state index contributed by atoms with van der Waals surface area (Å²) in [7, 11) is -3.13. The molecule has 126 valence electrons. The van der Waals surface area contributed by atoms with E-state index < -0.39 is 8.25 Å². The molecule has 0 aliphatic carbocycles. The predicted molar refractivity (Wildman–Crippen MR) is 110 cm³/mol. The summed E-state index contributed by atoms with van der Waals surface area (Å²) >= 11 is 4.62. The van der Waals surface area contributed by atoms with E-state index in [2.05, 4.69) is 79.4 Å². The summed E-state index contributed by atoms with van der Waals surface area (Å²) in [5.41, 5.74) is 0. The van der Waals surface area contributed by atoms with E-state index in [1.807, 2.05) is 0 Å². The Balaban J connectivity index is 0.000000476. The third-order valence-corrected chi connectivity index (χ3v) is 4.08. The monoisotopic (exact) mass is 384 g/mol. The quantitative estimate of drug-likeness (QED) is 0.143. The van der Waals surface area contributed by atoms with Crippen molar-refractivity contribution in [1.82, 2.24) is 0 Å². The van der Waals surface area contributed by atoms with Crippen LogP contribution in [0, 0.1) is 0 Å². The standard InChI is InChI=1S/C18H12S.Na.H3O3P.H2O.H/c19-17-7-3-6-12-8-9-15-10-13-4-1-2-5-14(13)11-16(15)18(12)17;;1-4(2)3;;/h1-11,19H;;4H,(H2,1,2,3);1H2;. The summed E-state index contributed by atoms with van der Waals surface area (Å²) in [4.78, 5) is 15.4. The van der Waals surface area contributed by atoms with Crippen LogP contribution in [0.5, 0.6) is 0 Å². The number of rotatable bonds is 0. The molecule has 0 aromatic heterocycles. The van der Waals surface area contributed by atoms with E-state index in [1.165, 1.54) is 32.3 Å². The number of hydrogen-bond donors (Lipinski definition) is 3. The third kappa shape index (κ3) is 5.07. The Kier molecular flexibility index (Phi) is 8.61. The van der Waals surface area contributed by atoms with Gasteiger partial charge in [-0.15, -0.1) is 12.6 Å². The molecular formula is C18H18NaO4PS. The van der Waals surface area contributed by atoms with E-state index in [0.29, 0.717) is 0 Å². The van der Waals surface area contributed by atoms with Crippen molar-refractivity contribution in [2.75, 3.05) is 0 Å². The fourth-order valence-electron chi connectivity index (χ4n) is 2.78. The Labute approximate surface area is 173 Å². The van der Waals surface area contributed by atoms with Gasteiger partial charge in [-0.25, -0.2) is 0 Å². The van der Waals surface area contributed by atoms with Crippen LogP contribution in [-0.4, -0.2) is 44.8 Å². The first-order valence-corrected chi connectivity index (χ1v) is 8.76. The van der Waals surface area contributed by atoms with Crippen LogP contribution in [0.4, 0.5) is 0 Å². The molecule has 0 saturated carbocycles. The topological polar surface area (TPSA) is 89.0 Å². The Hall–Kier alpha value is -0.880. The first kappa shape index (κ1) is 22.2. The van der Waals surface area contributed by atoms with Crippen LogP contribution in [0.2, 0.25) is 0 Å². The van der Waals surface area contributed by atoms with E-state index in [1.54, 1.807) is 0 Å². The molecule has 4 nitrogen and oxygen atoms in total. The van der Waals surface area contributed by atoms with Crippen LogP contribution in [0.1, 0.15) is 0 Å². The molecule has 4 N–H and O–H groups in total. The molecule has 0 atom stereocenters. The molecule has 0 amide bonds. The number of fused-ring (bicyclic) bond motifs is 4. The molecule has 0 unspecified atom stereocenters. The van der Waals surface area contributed by atoms with Crippen molar-refractivity contribution >= 4 is 82.8 Å². The maximum absolute atomic E-state index is 8.74. The van der Waals surface area contributed by atoms with Gasteiger partial charge in [0, 0.05) is 10.3 Å². The molecular weight excluding hydrogens is 366 g/mol. The molecule has 4 aromatic carbocycles. The summed E-state index contributed by atoms with van der Waals surface area (Å²) in [6.07, 6.45) is 0. The summed E-state index contributed by atoms with van der Waals surface area (Å²) in [5, 5.41) is 7.60. The van der Waals surface area contributed by atoms with Crippen molar-refractivity contribution in [2.24, 2.45) is 0 Å². The zero-order chi connectivity index (χ0) is 16.4. The number of benzene rings is 4. The van der Waals surface area contributed by atoms with Gasteiger partial charge in [0.1, 0.15) is 0 Å². The van der Waals surface area contributed by atoms with Crippen LogP contribution >= 0.6 is 20.9 Å². The molecule has 4 rings (SSSR count). The Morgan fingerprint density at radius 1 is 0.760 bits per heavy atom. The first-order valence-electron chi connectivity index (χ1n) is 7.01. The summed E-state index contributed by atoms with van der Waals surface area (Å²) in [5.74, 6) is 0. The van der Waals surface area contributed by atoms with Crippen molar-refractivity contribution in [3.05, 3.63) is 66.7 Å². The van der Waals surface area contributed by atoms with Gasteiger partial charge in [-0.2, -0.15) is 0 Å². The Morgan fingerprint density at radius 2 is 1.28 bits per heavy atom. The Morgan fingerprint density at radius 3 is 1.92 bits per heavy atom. The molecule has 4 aromatic rings. The average molecular weight is 384 g/mol. The van der Waals surface area contributed by atoms with Gasteiger partial charge in [-0.3, -0.25) is 4.57 Å². The van der Waals surface area contributed by atoms with E-state index in [4.69, 9.17) is 14.4 Å². The number of thiol groups is 1. The molecule has 7 heteroatoms. The Bertz CT molecular complexity index is 1040. The molecule has 0 aliphatic heterocycles. The van der Waals surface area contributed by atoms with Crippen molar-refractivity contribution in [2.45, 2.75) is 4.90 Å². The van der Waals surface area contributed by atoms with Crippen LogP contribution in [0.3, 0.4) is 0 Å². The maximum atomic E-state index is 8.74. The summed E-state index contributed by atoms with van der Waals surface area (Å²) < 4.78 is 8.74. The summed E-state index contributed by atoms with van der Waals surface area (Å²) in [6, 6.07) is 23.6. The van der Waals surface area contributed by atoms with Crippen molar-refractivity contribution in [3.8, 4) is 0 Å². The first-order chi connectivity index (χ1) is 11.1. The van der Waals surface area contributed by atoms with Crippen LogP contribution in [-0.2, 0) is 4.57 Å². The van der Waals surface area contributed by atoms with Crippen LogP contribution < -0.4 is 0 Å². The zero-order valence-electron chi connectivity index (χ0n) is 12.6. The molecule has 25 heavy (non-hydrogen) atoms. The van der Waals surface area contributed by atoms with E-state index in [9.17, 15) is 0 Å². The minimum absolute atomic E-state index is 0. The fourth-order valence-corrected chi connectivity index (χ4v) is 3.12. The van der Waals surface area contributed by atoms with Gasteiger partial charge in [-0.05, 0) is 45.1 Å². The molecule has 0 saturated heterocycles. The van der Waals surface area contributed by atoms with Crippen LogP contribution in [0.25, 0.3) is 32.3 Å². The molecule has 0 bridgehead atoms. The van der Waals surface area contributed by atoms with Gasteiger partial charge in [0.25, 0.3) is 0 Å². The summed E-state index contributed by atoms with van der Waals surface area (Å²) in [6.45, 7) is 0. The molecule has 0 radical (unpaired) electrons. The van der Waals surface area contributed by atoms with Crippen molar-refractivity contribution < 1.29 is 19.8 Å². The van der Waals surface area contributed by atoms with Gasteiger partial charge in [0.15, 0.2) is 0 Å². The van der Waals surface area contributed by atoms with Crippen LogP contribution in [0.15, 0.2) is 71.6 Å². The van der Waals surface area contributed by atoms with Gasteiger partial charge in [0.2, 0.25) is 0 Å². The van der Waals surface area contributed by atoms with Gasteiger partial charge in [0.05, 0.1) is 0 Å². The minimum atomic E-state index is -3.13. The second-order valence-corrected chi connectivity index (χ2v) is 6.19. The van der Waals surface area contributed by atoms with Gasteiger partial charge < -0.3 is 15.3 Å². The molecule has 0 spiro atoms. The second-order valence-electron chi connectivity index (χ2n) is 5.14. The number of hydrogen-bond acceptors (Lipinski definition) is 2. The fraction of sp³-hybridized carbons (Fsp3) is 0.